The molecule has 2 fully saturated rings. The Morgan fingerprint density at radius 2 is 1.94 bits per heavy atom. The molecule has 0 bridgehead atoms. The van der Waals surface area contributed by atoms with Crippen LogP contribution in [0.25, 0.3) is 0 Å². The van der Waals surface area contributed by atoms with Gasteiger partial charge < -0.3 is 10.2 Å². The van der Waals surface area contributed by atoms with Crippen molar-refractivity contribution in [1.82, 2.24) is 0 Å². The average molecular weight is 238 g/mol. The Bertz CT molecular complexity index is 319. The highest BCUT2D eigenvalue weighted by Gasteiger charge is 2.56. The maximum atomic E-state index is 11.1. The molecule has 0 amide bonds. The highest BCUT2D eigenvalue weighted by Crippen LogP contribution is 2.54. The van der Waals surface area contributed by atoms with E-state index in [-0.39, 0.29) is 5.92 Å². The Kier molecular flexibility index (Phi) is 3.16. The minimum absolute atomic E-state index is 0.0154. The minimum atomic E-state index is -0.731. The summed E-state index contributed by atoms with van der Waals surface area (Å²) in [5.41, 5.74) is -0.293. The minimum Gasteiger partial charge on any atom is -0.390 e. The van der Waals surface area contributed by atoms with E-state index in [1.54, 1.807) is 0 Å². The number of aliphatic hydroxyl groups is 2. The first-order valence-electron chi connectivity index (χ1n) is 6.89. The van der Waals surface area contributed by atoms with Crippen LogP contribution in [-0.4, -0.2) is 21.4 Å². The highest BCUT2D eigenvalue weighted by molar-refractivity contribution is 5.16. The lowest BCUT2D eigenvalue weighted by atomic mass is 9.54. The molecule has 4 atom stereocenters. The van der Waals surface area contributed by atoms with Crippen LogP contribution in [0.15, 0.2) is 12.2 Å². The zero-order valence-corrected chi connectivity index (χ0v) is 11.4. The molecule has 0 aromatic carbocycles. The first-order chi connectivity index (χ1) is 7.77. The Morgan fingerprint density at radius 1 is 1.29 bits per heavy atom. The molecule has 0 saturated heterocycles. The van der Waals surface area contributed by atoms with E-state index in [1.165, 1.54) is 0 Å². The second kappa shape index (κ2) is 4.10. The zero-order chi connectivity index (χ0) is 12.8. The molecular formula is C15H26O2. The average Bonchev–Trinajstić information content (AvgIpc) is 2.14. The fraction of sp³-hybridized carbons (Fsp3) is 0.867. The van der Waals surface area contributed by atoms with E-state index in [4.69, 9.17) is 0 Å². The SMILES string of the molecule is C=C1CC[C@@H]2[C@@](O)(C1)C(C(C)C)CC[C@@]2(C)O. The summed E-state index contributed by atoms with van der Waals surface area (Å²) in [6.45, 7) is 10.3. The quantitative estimate of drug-likeness (QED) is 0.690. The van der Waals surface area contributed by atoms with Crippen LogP contribution in [0.3, 0.4) is 0 Å². The zero-order valence-electron chi connectivity index (χ0n) is 11.4. The molecule has 98 valence electrons. The van der Waals surface area contributed by atoms with E-state index in [0.29, 0.717) is 18.3 Å². The Labute approximate surface area is 105 Å². The van der Waals surface area contributed by atoms with Crippen LogP contribution in [0.2, 0.25) is 0 Å². The third-order valence-corrected chi connectivity index (χ3v) is 5.08. The monoisotopic (exact) mass is 238 g/mol. The molecule has 0 heterocycles. The molecule has 2 saturated carbocycles. The number of hydrogen-bond donors (Lipinski definition) is 2. The van der Waals surface area contributed by atoms with E-state index in [9.17, 15) is 10.2 Å². The fourth-order valence-corrected chi connectivity index (χ4v) is 4.23. The normalized spacial score (nSPS) is 47.1. The van der Waals surface area contributed by atoms with Gasteiger partial charge in [0.1, 0.15) is 0 Å². The third-order valence-electron chi connectivity index (χ3n) is 5.08. The molecule has 0 aromatic heterocycles. The molecule has 0 radical (unpaired) electrons. The molecule has 0 aliphatic heterocycles. The van der Waals surface area contributed by atoms with Crippen molar-refractivity contribution in [3.8, 4) is 0 Å². The highest BCUT2D eigenvalue weighted by atomic mass is 16.3. The topological polar surface area (TPSA) is 40.5 Å². The van der Waals surface area contributed by atoms with Crippen LogP contribution in [0.5, 0.6) is 0 Å². The number of hydrogen-bond acceptors (Lipinski definition) is 2. The maximum absolute atomic E-state index is 11.1. The summed E-state index contributed by atoms with van der Waals surface area (Å²) < 4.78 is 0. The van der Waals surface area contributed by atoms with Crippen LogP contribution in [-0.2, 0) is 0 Å². The molecule has 0 spiro atoms. The lowest BCUT2D eigenvalue weighted by Gasteiger charge is -2.56. The lowest BCUT2D eigenvalue weighted by molar-refractivity contribution is -0.197. The van der Waals surface area contributed by atoms with Crippen molar-refractivity contribution < 1.29 is 10.2 Å². The van der Waals surface area contributed by atoms with Gasteiger partial charge in [0, 0.05) is 5.92 Å². The second-order valence-electron chi connectivity index (χ2n) is 6.76. The molecule has 2 N–H and O–H groups in total. The largest absolute Gasteiger partial charge is 0.390 e. The molecule has 17 heavy (non-hydrogen) atoms. The van der Waals surface area contributed by atoms with Gasteiger partial charge in [-0.15, -0.1) is 0 Å². The van der Waals surface area contributed by atoms with Crippen LogP contribution >= 0.6 is 0 Å². The van der Waals surface area contributed by atoms with Crippen LogP contribution < -0.4 is 0 Å². The summed E-state index contributed by atoms with van der Waals surface area (Å²) in [4.78, 5) is 0. The maximum Gasteiger partial charge on any atom is 0.0770 e. The number of fused-ring (bicyclic) bond motifs is 1. The smallest absolute Gasteiger partial charge is 0.0770 e. The molecule has 2 nitrogen and oxygen atoms in total. The molecule has 2 heteroatoms. The van der Waals surface area contributed by atoms with Crippen molar-refractivity contribution in [2.45, 2.75) is 64.1 Å². The molecule has 2 rings (SSSR count). The van der Waals surface area contributed by atoms with Crippen molar-refractivity contribution in [3.05, 3.63) is 12.2 Å². The first kappa shape index (κ1) is 13.1. The van der Waals surface area contributed by atoms with E-state index in [1.807, 2.05) is 6.92 Å². The van der Waals surface area contributed by atoms with Crippen molar-refractivity contribution >= 4 is 0 Å². The third kappa shape index (κ3) is 2.06. The van der Waals surface area contributed by atoms with Gasteiger partial charge in [-0.1, -0.05) is 26.0 Å². The summed E-state index contributed by atoms with van der Waals surface area (Å²) in [6.07, 6.45) is 4.25. The van der Waals surface area contributed by atoms with Crippen molar-refractivity contribution in [2.24, 2.45) is 17.8 Å². The molecular weight excluding hydrogens is 212 g/mol. The Morgan fingerprint density at radius 3 is 2.53 bits per heavy atom. The van der Waals surface area contributed by atoms with E-state index in [2.05, 4.69) is 20.4 Å². The Balaban J connectivity index is 2.35. The van der Waals surface area contributed by atoms with Gasteiger partial charge in [-0.3, -0.25) is 0 Å². The summed E-state index contributed by atoms with van der Waals surface area (Å²) in [6, 6.07) is 0. The van der Waals surface area contributed by atoms with Crippen LogP contribution in [0, 0.1) is 17.8 Å². The second-order valence-corrected chi connectivity index (χ2v) is 6.76. The van der Waals surface area contributed by atoms with Gasteiger partial charge >= 0.3 is 0 Å². The molecule has 2 aliphatic rings. The van der Waals surface area contributed by atoms with Gasteiger partial charge in [-0.25, -0.2) is 0 Å². The molecule has 0 aromatic rings. The van der Waals surface area contributed by atoms with E-state index < -0.39 is 11.2 Å². The standard InChI is InChI=1S/C15H26O2/c1-10(2)12-7-8-14(4,16)13-6-5-11(3)9-15(12,13)17/h10,12-13,16-17H,3,5-9H2,1-2,4H3/t12?,13-,14+,15+/m0/s1. The predicted molar refractivity (Wildman–Crippen MR) is 69.6 cm³/mol. The van der Waals surface area contributed by atoms with Gasteiger partial charge in [0.05, 0.1) is 11.2 Å². The van der Waals surface area contributed by atoms with Crippen molar-refractivity contribution in [3.63, 3.8) is 0 Å². The van der Waals surface area contributed by atoms with E-state index >= 15 is 0 Å². The summed E-state index contributed by atoms with van der Waals surface area (Å²) >= 11 is 0. The fourth-order valence-electron chi connectivity index (χ4n) is 4.23. The Hall–Kier alpha value is -0.340. The van der Waals surface area contributed by atoms with Crippen LogP contribution in [0.4, 0.5) is 0 Å². The summed E-state index contributed by atoms with van der Waals surface area (Å²) in [5, 5.41) is 21.6. The van der Waals surface area contributed by atoms with Gasteiger partial charge in [0.25, 0.3) is 0 Å². The van der Waals surface area contributed by atoms with Gasteiger partial charge in [-0.2, -0.15) is 0 Å². The number of rotatable bonds is 1. The van der Waals surface area contributed by atoms with Gasteiger partial charge in [0.2, 0.25) is 0 Å². The van der Waals surface area contributed by atoms with Gasteiger partial charge in [-0.05, 0) is 50.9 Å². The van der Waals surface area contributed by atoms with Crippen LogP contribution in [0.1, 0.15) is 52.9 Å². The van der Waals surface area contributed by atoms with E-state index in [0.717, 1.165) is 31.3 Å². The predicted octanol–water partition coefficient (Wildman–Crippen LogP) is 2.89. The van der Waals surface area contributed by atoms with Crippen molar-refractivity contribution in [2.75, 3.05) is 0 Å². The first-order valence-corrected chi connectivity index (χ1v) is 6.89. The van der Waals surface area contributed by atoms with Gasteiger partial charge in [0.15, 0.2) is 0 Å². The summed E-state index contributed by atoms with van der Waals surface area (Å²) in [7, 11) is 0. The van der Waals surface area contributed by atoms with Crippen molar-refractivity contribution in [1.29, 1.82) is 0 Å². The molecule has 1 unspecified atom stereocenters. The summed E-state index contributed by atoms with van der Waals surface area (Å²) in [5.74, 6) is 0.774. The lowest BCUT2D eigenvalue weighted by Crippen LogP contribution is -2.61. The molecule has 2 aliphatic carbocycles.